The maximum atomic E-state index is 12.3. The van der Waals surface area contributed by atoms with E-state index in [1.165, 1.54) is 24.2 Å². The first-order valence-electron chi connectivity index (χ1n) is 15.6. The average molecular weight is 589 g/mol. The van der Waals surface area contributed by atoms with Crippen LogP contribution in [0.25, 0.3) is 0 Å². The summed E-state index contributed by atoms with van der Waals surface area (Å²) < 4.78 is 11.6. The van der Waals surface area contributed by atoms with E-state index in [4.69, 9.17) is 9.47 Å². The highest BCUT2D eigenvalue weighted by molar-refractivity contribution is 5.66. The van der Waals surface area contributed by atoms with Gasteiger partial charge in [-0.15, -0.1) is 0 Å². The second-order valence-corrected chi connectivity index (χ2v) is 12.8. The van der Waals surface area contributed by atoms with Gasteiger partial charge in [-0.3, -0.25) is 10.1 Å². The summed E-state index contributed by atoms with van der Waals surface area (Å²) in [5, 5.41) is 25.4. The van der Waals surface area contributed by atoms with Crippen LogP contribution in [-0.4, -0.2) is 77.5 Å². The van der Waals surface area contributed by atoms with Gasteiger partial charge < -0.3 is 29.7 Å². The third-order valence-electron chi connectivity index (χ3n) is 8.51. The topological polar surface area (TPSA) is 117 Å². The summed E-state index contributed by atoms with van der Waals surface area (Å²) in [7, 11) is 1.68. The van der Waals surface area contributed by atoms with Crippen molar-refractivity contribution in [2.24, 2.45) is 11.8 Å². The largest absolute Gasteiger partial charge is 0.465 e. The lowest BCUT2D eigenvalue weighted by Crippen LogP contribution is -2.53. The van der Waals surface area contributed by atoms with Gasteiger partial charge in [0, 0.05) is 57.5 Å². The van der Waals surface area contributed by atoms with E-state index in [2.05, 4.69) is 22.3 Å². The lowest BCUT2D eigenvalue weighted by molar-refractivity contribution is -0.404. The van der Waals surface area contributed by atoms with E-state index >= 15 is 0 Å². The number of rotatable bonds is 15. The van der Waals surface area contributed by atoms with Gasteiger partial charge >= 0.3 is 6.09 Å². The third-order valence-corrected chi connectivity index (χ3v) is 8.51. The van der Waals surface area contributed by atoms with Crippen LogP contribution in [-0.2, 0) is 9.47 Å². The average Bonchev–Trinajstić information content (AvgIpc) is 2.95. The first kappa shape index (κ1) is 33.6. The highest BCUT2D eigenvalue weighted by atomic mass is 16.6. The molecule has 1 saturated heterocycles. The van der Waals surface area contributed by atoms with Crippen molar-refractivity contribution in [3.8, 4) is 0 Å². The van der Waals surface area contributed by atoms with Crippen LogP contribution in [0.3, 0.4) is 0 Å². The van der Waals surface area contributed by atoms with E-state index in [1.807, 2.05) is 39.0 Å². The Labute approximate surface area is 251 Å². The van der Waals surface area contributed by atoms with Crippen LogP contribution in [0.5, 0.6) is 0 Å². The molecule has 1 amide bonds. The molecular formula is C32H52N4O6. The Morgan fingerprint density at radius 1 is 1.17 bits per heavy atom. The maximum Gasteiger partial charge on any atom is 0.407 e. The predicted octanol–water partition coefficient (Wildman–Crippen LogP) is 6.28. The molecule has 2 fully saturated rings. The van der Waals surface area contributed by atoms with Crippen LogP contribution >= 0.6 is 0 Å². The summed E-state index contributed by atoms with van der Waals surface area (Å²) in [5.41, 5.74) is 0.511. The summed E-state index contributed by atoms with van der Waals surface area (Å²) >= 11 is 0. The molecule has 3 atom stereocenters. The lowest BCUT2D eigenvalue weighted by Gasteiger charge is -2.41. The summed E-state index contributed by atoms with van der Waals surface area (Å²) in [6.07, 6.45) is 9.16. The number of nitro groups is 1. The van der Waals surface area contributed by atoms with Crippen molar-refractivity contribution in [1.29, 1.82) is 0 Å². The number of hydrogen-bond acceptors (Lipinski definition) is 7. The smallest absolute Gasteiger partial charge is 0.407 e. The molecule has 2 N–H and O–H groups in total. The molecule has 2 unspecified atom stereocenters. The van der Waals surface area contributed by atoms with E-state index in [-0.39, 0.29) is 24.6 Å². The minimum Gasteiger partial charge on any atom is -0.465 e. The van der Waals surface area contributed by atoms with Crippen molar-refractivity contribution in [2.75, 3.05) is 40.0 Å². The SMILES string of the molecule is COCCCOC(c1ccccc1)C1CCCN(C(=C[N+](=O)[O-])N[C@@H](CC2CCCCC2)CN(C(=O)O)C(C)(C)C)C1. The third kappa shape index (κ3) is 10.8. The van der Waals surface area contributed by atoms with Crippen molar-refractivity contribution in [2.45, 2.75) is 96.2 Å². The number of ether oxygens (including phenoxy) is 2. The molecule has 0 spiro atoms. The molecule has 10 nitrogen and oxygen atoms in total. The van der Waals surface area contributed by atoms with Gasteiger partial charge in [0.1, 0.15) is 0 Å². The van der Waals surface area contributed by atoms with E-state index in [9.17, 15) is 20.0 Å². The first-order chi connectivity index (χ1) is 20.1. The molecule has 236 valence electrons. The fraction of sp³-hybridized carbons (Fsp3) is 0.719. The van der Waals surface area contributed by atoms with Gasteiger partial charge in [-0.1, -0.05) is 62.4 Å². The first-order valence-corrected chi connectivity index (χ1v) is 15.6. The number of benzene rings is 1. The molecule has 0 bridgehead atoms. The van der Waals surface area contributed by atoms with Crippen molar-refractivity contribution in [3.05, 3.63) is 58.0 Å². The summed E-state index contributed by atoms with van der Waals surface area (Å²) in [6.45, 7) is 8.41. The van der Waals surface area contributed by atoms with Gasteiger partial charge in [-0.05, 0) is 57.9 Å². The molecule has 1 aromatic rings. The minimum absolute atomic E-state index is 0.135. The highest BCUT2D eigenvalue weighted by Gasteiger charge is 2.34. The Kier molecular flexibility index (Phi) is 13.4. The zero-order valence-corrected chi connectivity index (χ0v) is 26.0. The van der Waals surface area contributed by atoms with Crippen LogP contribution < -0.4 is 5.32 Å². The van der Waals surface area contributed by atoms with Crippen LogP contribution in [0.4, 0.5) is 4.79 Å². The Bertz CT molecular complexity index is 992. The zero-order chi connectivity index (χ0) is 30.5. The summed E-state index contributed by atoms with van der Waals surface area (Å²) in [6, 6.07) is 9.94. The molecular weight excluding hydrogens is 536 g/mol. The number of carbonyl (C=O) groups is 1. The number of hydrogen-bond donors (Lipinski definition) is 2. The van der Waals surface area contributed by atoms with E-state index in [1.54, 1.807) is 7.11 Å². The van der Waals surface area contributed by atoms with Crippen LogP contribution in [0, 0.1) is 22.0 Å². The number of nitrogens with zero attached hydrogens (tertiary/aromatic N) is 3. The number of piperidine rings is 1. The van der Waals surface area contributed by atoms with Crippen LogP contribution in [0.2, 0.25) is 0 Å². The molecule has 1 aliphatic carbocycles. The summed E-state index contributed by atoms with van der Waals surface area (Å²) in [4.78, 5) is 27.3. The normalized spacial score (nSPS) is 20.1. The highest BCUT2D eigenvalue weighted by Crippen LogP contribution is 2.34. The van der Waals surface area contributed by atoms with Gasteiger partial charge in [0.25, 0.3) is 6.20 Å². The van der Waals surface area contributed by atoms with Gasteiger partial charge in [0.05, 0.1) is 11.0 Å². The van der Waals surface area contributed by atoms with Crippen LogP contribution in [0.15, 0.2) is 42.4 Å². The molecule has 1 aromatic carbocycles. The van der Waals surface area contributed by atoms with Gasteiger partial charge in [-0.2, -0.15) is 0 Å². The van der Waals surface area contributed by atoms with Crippen molar-refractivity contribution in [1.82, 2.24) is 15.1 Å². The standard InChI is InChI=1S/C32H52N4O6/c1-32(2,3)35(31(37)38)23-28(21-25-13-7-5-8-14-25)33-29(24-36(39)40)34-18-11-17-27(22-34)30(42-20-12-19-41-4)26-15-9-6-10-16-26/h6,9-10,15-16,24-25,27-28,30,33H,5,7-8,11-14,17-23H2,1-4H3,(H,37,38)/t27?,28-,30?/m0/s1. The number of likely N-dealkylation sites (tertiary alicyclic amines) is 1. The van der Waals surface area contributed by atoms with Crippen molar-refractivity contribution >= 4 is 6.09 Å². The van der Waals surface area contributed by atoms with E-state index in [0.29, 0.717) is 38.0 Å². The quantitative estimate of drug-likeness (QED) is 0.140. The minimum atomic E-state index is -0.980. The second-order valence-electron chi connectivity index (χ2n) is 12.8. The fourth-order valence-corrected chi connectivity index (χ4v) is 6.42. The predicted molar refractivity (Wildman–Crippen MR) is 164 cm³/mol. The number of amides is 1. The van der Waals surface area contributed by atoms with Crippen LogP contribution in [0.1, 0.15) is 90.2 Å². The molecule has 2 aliphatic rings. The maximum absolute atomic E-state index is 12.3. The Morgan fingerprint density at radius 3 is 2.50 bits per heavy atom. The van der Waals surface area contributed by atoms with Gasteiger partial charge in [0.15, 0.2) is 5.82 Å². The molecule has 0 radical (unpaired) electrons. The molecule has 1 saturated carbocycles. The Hall–Kier alpha value is -2.85. The Morgan fingerprint density at radius 2 is 1.88 bits per heavy atom. The molecule has 0 aromatic heterocycles. The van der Waals surface area contributed by atoms with Gasteiger partial charge in [0.2, 0.25) is 0 Å². The lowest BCUT2D eigenvalue weighted by atomic mass is 9.84. The van der Waals surface area contributed by atoms with Crippen molar-refractivity contribution < 1.29 is 24.3 Å². The molecule has 3 rings (SSSR count). The van der Waals surface area contributed by atoms with Gasteiger partial charge in [-0.25, -0.2) is 4.79 Å². The zero-order valence-electron chi connectivity index (χ0n) is 26.0. The Balaban J connectivity index is 1.83. The second kappa shape index (κ2) is 16.7. The van der Waals surface area contributed by atoms with E-state index < -0.39 is 16.6 Å². The van der Waals surface area contributed by atoms with Crippen molar-refractivity contribution in [3.63, 3.8) is 0 Å². The summed E-state index contributed by atoms with van der Waals surface area (Å²) in [5.74, 6) is 1.07. The van der Waals surface area contributed by atoms with E-state index in [0.717, 1.165) is 50.3 Å². The molecule has 1 aliphatic heterocycles. The fourth-order valence-electron chi connectivity index (χ4n) is 6.42. The number of carboxylic acid groups (broad SMARTS) is 1. The monoisotopic (exact) mass is 588 g/mol. The molecule has 10 heteroatoms. The number of methoxy groups -OCH3 is 1. The number of nitrogens with one attached hydrogen (secondary N) is 1. The molecule has 42 heavy (non-hydrogen) atoms. The molecule has 1 heterocycles.